The van der Waals surface area contributed by atoms with E-state index in [1.54, 1.807) is 24.5 Å². The van der Waals surface area contributed by atoms with Gasteiger partial charge >= 0.3 is 0 Å². The molecule has 1 unspecified atom stereocenters. The van der Waals surface area contributed by atoms with Gasteiger partial charge in [-0.15, -0.1) is 0 Å². The molecule has 1 heterocycles. The first-order valence-electron chi connectivity index (χ1n) is 7.08. The molecule has 1 aliphatic carbocycles. The predicted octanol–water partition coefficient (Wildman–Crippen LogP) is 2.99. The molecule has 0 bridgehead atoms. The summed E-state index contributed by atoms with van der Waals surface area (Å²) >= 11 is 6.03. The van der Waals surface area contributed by atoms with E-state index in [1.165, 1.54) is 12.8 Å². The third kappa shape index (κ3) is 2.87. The van der Waals surface area contributed by atoms with E-state index in [4.69, 9.17) is 16.3 Å². The van der Waals surface area contributed by atoms with Crippen LogP contribution in [0.4, 0.5) is 0 Å². The van der Waals surface area contributed by atoms with Gasteiger partial charge in [-0.1, -0.05) is 11.6 Å². The van der Waals surface area contributed by atoms with Crippen molar-refractivity contribution in [1.29, 1.82) is 0 Å². The number of ether oxygens (including phenoxy) is 1. The lowest BCUT2D eigenvalue weighted by Crippen LogP contribution is -2.55. The Morgan fingerprint density at radius 2 is 2.05 bits per heavy atom. The lowest BCUT2D eigenvalue weighted by atomic mass is 9.69. The van der Waals surface area contributed by atoms with Crippen molar-refractivity contribution in [2.24, 2.45) is 5.41 Å². The van der Waals surface area contributed by atoms with Gasteiger partial charge in [0.1, 0.15) is 5.75 Å². The molecule has 1 spiro atoms. The first-order chi connectivity index (χ1) is 9.58. The number of benzene rings is 1. The van der Waals surface area contributed by atoms with E-state index >= 15 is 0 Å². The predicted molar refractivity (Wildman–Crippen MR) is 82.0 cm³/mol. The smallest absolute Gasteiger partial charge is 0.137 e. The second-order valence-electron chi connectivity index (χ2n) is 5.97. The highest BCUT2D eigenvalue weighted by atomic mass is 35.5. The second kappa shape index (κ2) is 5.66. The van der Waals surface area contributed by atoms with E-state index in [0.717, 1.165) is 30.8 Å². The first-order valence-corrected chi connectivity index (χ1v) is 9.02. The average Bonchev–Trinajstić information content (AvgIpc) is 2.37. The van der Waals surface area contributed by atoms with Gasteiger partial charge in [0, 0.05) is 30.4 Å². The normalized spacial score (nSPS) is 23.3. The molecule has 1 aromatic carbocycles. The van der Waals surface area contributed by atoms with Crippen LogP contribution in [0.15, 0.2) is 23.1 Å². The van der Waals surface area contributed by atoms with Crippen LogP contribution in [0.3, 0.4) is 0 Å². The van der Waals surface area contributed by atoms with E-state index in [1.807, 2.05) is 0 Å². The number of hydrogen-bond donors (Lipinski definition) is 1. The van der Waals surface area contributed by atoms with Crippen molar-refractivity contribution in [2.75, 3.05) is 19.3 Å². The SMILES string of the molecule is CS(=O)c1ccc(Cl)cc1OC1CCC2(CC1)CNC2. The quantitative estimate of drug-likeness (QED) is 0.932. The van der Waals surface area contributed by atoms with Crippen LogP contribution >= 0.6 is 11.6 Å². The molecule has 3 rings (SSSR count). The summed E-state index contributed by atoms with van der Waals surface area (Å²) in [7, 11) is -1.05. The topological polar surface area (TPSA) is 38.3 Å². The van der Waals surface area contributed by atoms with Gasteiger partial charge in [-0.25, -0.2) is 0 Å². The monoisotopic (exact) mass is 313 g/mol. The molecule has 1 N–H and O–H groups in total. The number of halogens is 1. The molecule has 0 amide bonds. The maximum atomic E-state index is 11.8. The van der Waals surface area contributed by atoms with E-state index < -0.39 is 10.8 Å². The van der Waals surface area contributed by atoms with Crippen LogP contribution in [0.2, 0.25) is 5.02 Å². The zero-order chi connectivity index (χ0) is 14.2. The molecule has 20 heavy (non-hydrogen) atoms. The third-order valence-electron chi connectivity index (χ3n) is 4.50. The first kappa shape index (κ1) is 14.4. The highest BCUT2D eigenvalue weighted by molar-refractivity contribution is 7.84. The van der Waals surface area contributed by atoms with E-state index in [-0.39, 0.29) is 6.10 Å². The fraction of sp³-hybridized carbons (Fsp3) is 0.600. The van der Waals surface area contributed by atoms with Crippen LogP contribution in [0.5, 0.6) is 5.75 Å². The van der Waals surface area contributed by atoms with Crippen molar-refractivity contribution in [1.82, 2.24) is 5.32 Å². The van der Waals surface area contributed by atoms with Crippen molar-refractivity contribution in [3.63, 3.8) is 0 Å². The van der Waals surface area contributed by atoms with Crippen molar-refractivity contribution >= 4 is 22.4 Å². The van der Waals surface area contributed by atoms with E-state index in [2.05, 4.69) is 5.32 Å². The van der Waals surface area contributed by atoms with E-state index in [9.17, 15) is 4.21 Å². The summed E-state index contributed by atoms with van der Waals surface area (Å²) in [5, 5.41) is 4.00. The maximum absolute atomic E-state index is 11.8. The summed E-state index contributed by atoms with van der Waals surface area (Å²) in [5.41, 5.74) is 0.532. The molecule has 5 heteroatoms. The molecule has 1 saturated heterocycles. The second-order valence-corrected chi connectivity index (χ2v) is 7.75. The molecule has 3 nitrogen and oxygen atoms in total. The molecule has 1 aromatic rings. The zero-order valence-corrected chi connectivity index (χ0v) is 13.2. The summed E-state index contributed by atoms with van der Waals surface area (Å²) in [6, 6.07) is 5.35. The summed E-state index contributed by atoms with van der Waals surface area (Å²) in [6.45, 7) is 2.31. The van der Waals surface area contributed by atoms with E-state index in [0.29, 0.717) is 16.2 Å². The minimum Gasteiger partial charge on any atom is -0.489 e. The Hall–Kier alpha value is -0.580. The molecule has 2 fully saturated rings. The van der Waals surface area contributed by atoms with Gasteiger partial charge in [0.2, 0.25) is 0 Å². The summed E-state index contributed by atoms with van der Waals surface area (Å²) in [6.07, 6.45) is 6.48. The van der Waals surface area contributed by atoms with Crippen LogP contribution in [-0.2, 0) is 10.8 Å². The van der Waals surface area contributed by atoms with Gasteiger partial charge in [-0.3, -0.25) is 4.21 Å². The summed E-state index contributed by atoms with van der Waals surface area (Å²) < 4.78 is 17.9. The number of nitrogens with one attached hydrogen (secondary N) is 1. The van der Waals surface area contributed by atoms with Gasteiger partial charge < -0.3 is 10.1 Å². The zero-order valence-electron chi connectivity index (χ0n) is 11.7. The van der Waals surface area contributed by atoms with Gasteiger partial charge in [0.25, 0.3) is 0 Å². The maximum Gasteiger partial charge on any atom is 0.137 e. The molecule has 1 aliphatic heterocycles. The van der Waals surface area contributed by atoms with Crippen molar-refractivity contribution in [3.05, 3.63) is 23.2 Å². The molecule has 110 valence electrons. The van der Waals surface area contributed by atoms with Crippen LogP contribution in [0, 0.1) is 5.41 Å². The third-order valence-corrected chi connectivity index (χ3v) is 5.69. The Labute approximate surface area is 127 Å². The molecular weight excluding hydrogens is 294 g/mol. The Morgan fingerprint density at radius 3 is 2.60 bits per heavy atom. The number of rotatable bonds is 3. The van der Waals surface area contributed by atoms with Gasteiger partial charge in [-0.05, 0) is 43.2 Å². The van der Waals surface area contributed by atoms with Crippen molar-refractivity contribution in [3.8, 4) is 5.75 Å². The number of hydrogen-bond acceptors (Lipinski definition) is 3. The summed E-state index contributed by atoms with van der Waals surface area (Å²) in [5.74, 6) is 0.686. The average molecular weight is 314 g/mol. The largest absolute Gasteiger partial charge is 0.489 e. The molecular formula is C15H20ClNO2S. The Morgan fingerprint density at radius 1 is 1.35 bits per heavy atom. The minimum atomic E-state index is -1.05. The van der Waals surface area contributed by atoms with Gasteiger partial charge in [0.05, 0.1) is 21.8 Å². The fourth-order valence-corrected chi connectivity index (χ4v) is 3.96. The van der Waals surface area contributed by atoms with Crippen LogP contribution in [0.25, 0.3) is 0 Å². The summed E-state index contributed by atoms with van der Waals surface area (Å²) in [4.78, 5) is 0.736. The molecule has 0 aromatic heterocycles. The van der Waals surface area contributed by atoms with Crippen LogP contribution in [0.1, 0.15) is 25.7 Å². The highest BCUT2D eigenvalue weighted by Crippen LogP contribution is 2.41. The Kier molecular flexibility index (Phi) is 4.07. The van der Waals surface area contributed by atoms with Crippen molar-refractivity contribution < 1.29 is 8.95 Å². The van der Waals surface area contributed by atoms with Crippen LogP contribution in [-0.4, -0.2) is 29.7 Å². The molecule has 2 aliphatic rings. The Bertz CT molecular complexity index is 521. The molecule has 1 saturated carbocycles. The standard InChI is InChI=1S/C15H20ClNO2S/c1-20(18)14-3-2-11(16)8-13(14)19-12-4-6-15(7-5-12)9-17-10-15/h2-3,8,12,17H,4-7,9-10H2,1H3. The van der Waals surface area contributed by atoms with Gasteiger partial charge in [-0.2, -0.15) is 0 Å². The molecule has 1 atom stereocenters. The molecule has 0 radical (unpaired) electrons. The van der Waals surface area contributed by atoms with Crippen LogP contribution < -0.4 is 10.1 Å². The highest BCUT2D eigenvalue weighted by Gasteiger charge is 2.40. The minimum absolute atomic E-state index is 0.224. The van der Waals surface area contributed by atoms with Gasteiger partial charge in [0.15, 0.2) is 0 Å². The Balaban J connectivity index is 1.69. The van der Waals surface area contributed by atoms with Crippen molar-refractivity contribution in [2.45, 2.75) is 36.7 Å². The lowest BCUT2D eigenvalue weighted by molar-refractivity contribution is 0.0410. The lowest BCUT2D eigenvalue weighted by Gasteiger charge is -2.47. The fourth-order valence-electron chi connectivity index (χ4n) is 3.14.